The van der Waals surface area contributed by atoms with Crippen molar-refractivity contribution in [1.82, 2.24) is 5.32 Å². The predicted molar refractivity (Wildman–Crippen MR) is 94.5 cm³/mol. The van der Waals surface area contributed by atoms with E-state index in [1.54, 1.807) is 6.07 Å². The van der Waals surface area contributed by atoms with Crippen molar-refractivity contribution in [1.29, 1.82) is 0 Å². The van der Waals surface area contributed by atoms with Crippen molar-refractivity contribution in [3.63, 3.8) is 0 Å². The average Bonchev–Trinajstić information content (AvgIpc) is 2.61. The summed E-state index contributed by atoms with van der Waals surface area (Å²) in [7, 11) is 0. The molecular weight excluding hydrogens is 327 g/mol. The third-order valence-corrected chi connectivity index (χ3v) is 4.96. The number of alkyl halides is 3. The zero-order valence-electron chi connectivity index (χ0n) is 14.1. The number of halogens is 3. The largest absolute Gasteiger partial charge is 0.416 e. The van der Waals surface area contributed by atoms with E-state index in [0.717, 1.165) is 24.6 Å². The minimum absolute atomic E-state index is 0.407. The molecule has 0 radical (unpaired) electrons. The summed E-state index contributed by atoms with van der Waals surface area (Å²) in [5, 5.41) is 3.39. The van der Waals surface area contributed by atoms with Gasteiger partial charge in [-0.25, -0.2) is 0 Å². The van der Waals surface area contributed by atoms with Gasteiger partial charge in [-0.3, -0.25) is 0 Å². The van der Waals surface area contributed by atoms with E-state index in [9.17, 15) is 13.2 Å². The zero-order chi connectivity index (χ0) is 18.1. The molecule has 1 unspecified atom stereocenters. The van der Waals surface area contributed by atoms with Gasteiger partial charge in [0, 0.05) is 31.0 Å². The maximum Gasteiger partial charge on any atom is 0.416 e. The summed E-state index contributed by atoms with van der Waals surface area (Å²) >= 11 is 0. The lowest BCUT2D eigenvalue weighted by atomic mass is 9.83. The molecule has 0 aliphatic carbocycles. The number of piperazine rings is 1. The molecule has 1 atom stereocenters. The van der Waals surface area contributed by atoms with Crippen LogP contribution in [-0.2, 0) is 11.7 Å². The summed E-state index contributed by atoms with van der Waals surface area (Å²) in [5.74, 6) is 0. The second kappa shape index (κ2) is 6.59. The molecule has 0 spiro atoms. The van der Waals surface area contributed by atoms with Crippen molar-refractivity contribution < 1.29 is 13.2 Å². The van der Waals surface area contributed by atoms with Gasteiger partial charge in [-0.05, 0) is 42.3 Å². The van der Waals surface area contributed by atoms with Crippen LogP contribution in [0.2, 0.25) is 0 Å². The van der Waals surface area contributed by atoms with Crippen LogP contribution in [0.4, 0.5) is 24.5 Å². The Balaban J connectivity index is 2.07. The maximum absolute atomic E-state index is 13.1. The second-order valence-electron chi connectivity index (χ2n) is 6.38. The van der Waals surface area contributed by atoms with E-state index in [2.05, 4.69) is 17.1 Å². The van der Waals surface area contributed by atoms with E-state index < -0.39 is 17.3 Å². The van der Waals surface area contributed by atoms with E-state index in [-0.39, 0.29) is 0 Å². The van der Waals surface area contributed by atoms with Gasteiger partial charge in [0.2, 0.25) is 0 Å². The van der Waals surface area contributed by atoms with Crippen molar-refractivity contribution in [2.75, 3.05) is 30.3 Å². The molecule has 0 amide bonds. The van der Waals surface area contributed by atoms with E-state index in [0.29, 0.717) is 24.5 Å². The smallest absolute Gasteiger partial charge is 0.399 e. The van der Waals surface area contributed by atoms with Gasteiger partial charge in [0.15, 0.2) is 0 Å². The predicted octanol–water partition coefficient (Wildman–Crippen LogP) is 4.00. The summed E-state index contributed by atoms with van der Waals surface area (Å²) in [5.41, 5.74) is 7.09. The van der Waals surface area contributed by atoms with E-state index in [1.165, 1.54) is 12.1 Å². The minimum atomic E-state index is -4.35. The maximum atomic E-state index is 13.1. The number of hydrogen-bond donors (Lipinski definition) is 2. The molecule has 0 aromatic heterocycles. The van der Waals surface area contributed by atoms with E-state index >= 15 is 0 Å². The monoisotopic (exact) mass is 349 g/mol. The van der Waals surface area contributed by atoms with Crippen LogP contribution in [0.3, 0.4) is 0 Å². The number of nitrogens with one attached hydrogen (secondary N) is 1. The summed E-state index contributed by atoms with van der Waals surface area (Å²) in [6.07, 6.45) is -3.58. The summed E-state index contributed by atoms with van der Waals surface area (Å²) in [6.45, 7) is 4.10. The molecule has 2 aromatic rings. The van der Waals surface area contributed by atoms with Gasteiger partial charge >= 0.3 is 6.18 Å². The van der Waals surface area contributed by atoms with Crippen LogP contribution in [0.15, 0.2) is 48.5 Å². The highest BCUT2D eigenvalue weighted by Gasteiger charge is 2.40. The van der Waals surface area contributed by atoms with Gasteiger partial charge < -0.3 is 16.0 Å². The van der Waals surface area contributed by atoms with Crippen molar-refractivity contribution in [2.24, 2.45) is 0 Å². The van der Waals surface area contributed by atoms with Crippen LogP contribution in [0.5, 0.6) is 0 Å². The van der Waals surface area contributed by atoms with Gasteiger partial charge in [-0.1, -0.05) is 25.1 Å². The fourth-order valence-electron chi connectivity index (χ4n) is 3.59. The van der Waals surface area contributed by atoms with E-state index in [1.807, 2.05) is 24.3 Å². The first-order chi connectivity index (χ1) is 11.9. The molecule has 134 valence electrons. The fraction of sp³-hybridized carbons (Fsp3) is 0.368. The van der Waals surface area contributed by atoms with Crippen LogP contribution in [0, 0.1) is 0 Å². The first-order valence-corrected chi connectivity index (χ1v) is 8.38. The lowest BCUT2D eigenvalue weighted by Gasteiger charge is -2.49. The molecule has 3 N–H and O–H groups in total. The number of anilines is 2. The first-order valence-electron chi connectivity index (χ1n) is 8.38. The summed E-state index contributed by atoms with van der Waals surface area (Å²) in [6, 6.07) is 13.2. The number of benzene rings is 2. The van der Waals surface area contributed by atoms with Crippen LogP contribution in [0.25, 0.3) is 0 Å². The SMILES string of the molecule is CCC1(c2ccc(N)cc2)CNCCN1c1cccc(C(F)(F)F)c1. The molecule has 2 aromatic carbocycles. The Bertz CT molecular complexity index is 727. The molecule has 3 rings (SSSR count). The fourth-order valence-corrected chi connectivity index (χ4v) is 3.59. The number of nitrogens with two attached hydrogens (primary N) is 1. The Kier molecular flexibility index (Phi) is 4.64. The molecule has 0 saturated carbocycles. The lowest BCUT2D eigenvalue weighted by molar-refractivity contribution is -0.137. The van der Waals surface area contributed by atoms with Gasteiger partial charge in [0.1, 0.15) is 0 Å². The van der Waals surface area contributed by atoms with Crippen molar-refractivity contribution in [2.45, 2.75) is 25.1 Å². The molecule has 25 heavy (non-hydrogen) atoms. The quantitative estimate of drug-likeness (QED) is 0.823. The molecule has 6 heteroatoms. The molecule has 1 saturated heterocycles. The Labute approximate surface area is 145 Å². The molecular formula is C19H22F3N3. The first kappa shape index (κ1) is 17.6. The standard InChI is InChI=1S/C19H22F3N3/c1-2-18(14-6-8-16(23)9-7-14)13-24-10-11-25(18)17-5-3-4-15(12-17)19(20,21)22/h3-9,12,24H,2,10-11,13,23H2,1H3. The number of rotatable bonds is 3. The molecule has 0 bridgehead atoms. The van der Waals surface area contributed by atoms with Gasteiger partial charge in [-0.15, -0.1) is 0 Å². The molecule has 3 nitrogen and oxygen atoms in total. The minimum Gasteiger partial charge on any atom is -0.399 e. The normalized spacial score (nSPS) is 21.4. The number of nitrogen functional groups attached to an aromatic ring is 1. The van der Waals surface area contributed by atoms with Crippen molar-refractivity contribution in [3.8, 4) is 0 Å². The van der Waals surface area contributed by atoms with Crippen molar-refractivity contribution >= 4 is 11.4 Å². The molecule has 1 aliphatic rings. The number of nitrogens with zero attached hydrogens (tertiary/aromatic N) is 1. The van der Waals surface area contributed by atoms with Gasteiger partial charge in [0.05, 0.1) is 11.1 Å². The van der Waals surface area contributed by atoms with Crippen LogP contribution in [-0.4, -0.2) is 19.6 Å². The molecule has 1 aliphatic heterocycles. The summed E-state index contributed by atoms with van der Waals surface area (Å²) in [4.78, 5) is 2.09. The highest BCUT2D eigenvalue weighted by molar-refractivity contribution is 5.55. The van der Waals surface area contributed by atoms with Gasteiger partial charge in [-0.2, -0.15) is 13.2 Å². The topological polar surface area (TPSA) is 41.3 Å². The third kappa shape index (κ3) is 3.31. The van der Waals surface area contributed by atoms with Gasteiger partial charge in [0.25, 0.3) is 0 Å². The Morgan fingerprint density at radius 3 is 2.52 bits per heavy atom. The third-order valence-electron chi connectivity index (χ3n) is 4.96. The summed E-state index contributed by atoms with van der Waals surface area (Å²) < 4.78 is 39.4. The lowest BCUT2D eigenvalue weighted by Crippen LogP contribution is -2.59. The van der Waals surface area contributed by atoms with E-state index in [4.69, 9.17) is 5.73 Å². The highest BCUT2D eigenvalue weighted by atomic mass is 19.4. The Hall–Kier alpha value is -2.21. The highest BCUT2D eigenvalue weighted by Crippen LogP contribution is 2.39. The second-order valence-corrected chi connectivity index (χ2v) is 6.38. The molecule has 1 heterocycles. The number of hydrogen-bond acceptors (Lipinski definition) is 3. The zero-order valence-corrected chi connectivity index (χ0v) is 14.1. The molecule has 1 fully saturated rings. The van der Waals surface area contributed by atoms with Crippen LogP contribution in [0.1, 0.15) is 24.5 Å². The average molecular weight is 349 g/mol. The van der Waals surface area contributed by atoms with Crippen molar-refractivity contribution in [3.05, 3.63) is 59.7 Å². The Morgan fingerprint density at radius 2 is 1.88 bits per heavy atom. The van der Waals surface area contributed by atoms with Crippen LogP contribution < -0.4 is 16.0 Å². The van der Waals surface area contributed by atoms with Crippen LogP contribution >= 0.6 is 0 Å². The Morgan fingerprint density at radius 1 is 1.16 bits per heavy atom.